The van der Waals surface area contributed by atoms with Crippen LogP contribution in [-0.4, -0.2) is 43.1 Å². The number of carbonyl (C=O) groups excluding carboxylic acids is 1. The molecule has 2 heterocycles. The number of hydrogen-bond donors (Lipinski definition) is 1. The average Bonchev–Trinajstić information content (AvgIpc) is 3.27. The number of aromatic nitrogens is 1. The van der Waals surface area contributed by atoms with E-state index in [0.717, 1.165) is 62.2 Å². The van der Waals surface area contributed by atoms with Crippen molar-refractivity contribution in [1.29, 1.82) is 0 Å². The Bertz CT molecular complexity index is 1110. The number of H-pyrrole nitrogens is 1. The van der Waals surface area contributed by atoms with Crippen LogP contribution in [0.25, 0.3) is 10.9 Å². The van der Waals surface area contributed by atoms with Crippen LogP contribution in [0.15, 0.2) is 42.6 Å². The van der Waals surface area contributed by atoms with E-state index in [1.54, 1.807) is 14.2 Å². The van der Waals surface area contributed by atoms with Gasteiger partial charge < -0.3 is 19.4 Å². The van der Waals surface area contributed by atoms with E-state index in [4.69, 9.17) is 9.47 Å². The standard InChI is InChI=1S/C27H32N2O3/c1-31-21-6-8-23-19(14-21)4-3-5-20(23)15-27(30)29-12-10-18(11-13-29)25-17-28-26-9-7-22(32-2)16-24(25)26/h6-9,14,16-18,20,28H,3-5,10-13,15H2,1-2H3. The van der Waals surface area contributed by atoms with Crippen LogP contribution in [0.2, 0.25) is 0 Å². The molecule has 5 heteroatoms. The molecule has 1 amide bonds. The average molecular weight is 433 g/mol. The van der Waals surface area contributed by atoms with Gasteiger partial charge in [0.05, 0.1) is 14.2 Å². The minimum Gasteiger partial charge on any atom is -0.497 e. The van der Waals surface area contributed by atoms with Crippen LogP contribution >= 0.6 is 0 Å². The number of benzene rings is 2. The Labute approximate surface area is 189 Å². The predicted octanol–water partition coefficient (Wildman–Crippen LogP) is 5.40. The lowest BCUT2D eigenvalue weighted by Crippen LogP contribution is -2.38. The Kier molecular flexibility index (Phi) is 5.81. The van der Waals surface area contributed by atoms with E-state index in [2.05, 4.69) is 40.3 Å². The molecule has 1 N–H and O–H groups in total. The van der Waals surface area contributed by atoms with Crippen molar-refractivity contribution in [1.82, 2.24) is 9.88 Å². The first-order valence-corrected chi connectivity index (χ1v) is 11.8. The van der Waals surface area contributed by atoms with Crippen molar-refractivity contribution in [3.8, 4) is 11.5 Å². The third-order valence-corrected chi connectivity index (χ3v) is 7.42. The van der Waals surface area contributed by atoms with Crippen molar-refractivity contribution in [2.75, 3.05) is 27.3 Å². The molecule has 1 fully saturated rings. The Morgan fingerprint density at radius 1 is 1.00 bits per heavy atom. The van der Waals surface area contributed by atoms with E-state index >= 15 is 0 Å². The number of likely N-dealkylation sites (tertiary alicyclic amines) is 1. The first-order valence-electron chi connectivity index (χ1n) is 11.8. The van der Waals surface area contributed by atoms with Crippen LogP contribution in [0.3, 0.4) is 0 Å². The smallest absolute Gasteiger partial charge is 0.223 e. The molecule has 0 spiro atoms. The molecular formula is C27H32N2O3. The van der Waals surface area contributed by atoms with Gasteiger partial charge in [0.25, 0.3) is 0 Å². The molecule has 0 bridgehead atoms. The lowest BCUT2D eigenvalue weighted by molar-refractivity contribution is -0.132. The SMILES string of the molecule is COc1ccc2c(c1)CCCC2CC(=O)N1CCC(c2c[nH]c3ccc(OC)cc23)CC1. The second kappa shape index (κ2) is 8.89. The number of ether oxygens (including phenoxy) is 2. The molecule has 0 saturated carbocycles. The summed E-state index contributed by atoms with van der Waals surface area (Å²) in [6, 6.07) is 12.5. The molecule has 2 aromatic carbocycles. The van der Waals surface area contributed by atoms with E-state index in [1.807, 2.05) is 12.1 Å². The highest BCUT2D eigenvalue weighted by Gasteiger charge is 2.29. The molecule has 1 unspecified atom stereocenters. The lowest BCUT2D eigenvalue weighted by atomic mass is 9.80. The summed E-state index contributed by atoms with van der Waals surface area (Å²) < 4.78 is 10.8. The fourth-order valence-corrected chi connectivity index (χ4v) is 5.60. The zero-order valence-corrected chi connectivity index (χ0v) is 19.0. The van der Waals surface area contributed by atoms with Crippen molar-refractivity contribution in [2.24, 2.45) is 0 Å². The molecular weight excluding hydrogens is 400 g/mol. The van der Waals surface area contributed by atoms with Crippen LogP contribution in [0, 0.1) is 0 Å². The number of amides is 1. The number of piperidine rings is 1. The van der Waals surface area contributed by atoms with Gasteiger partial charge in [0.2, 0.25) is 5.91 Å². The summed E-state index contributed by atoms with van der Waals surface area (Å²) in [6.07, 6.45) is 8.09. The van der Waals surface area contributed by atoms with E-state index in [9.17, 15) is 4.79 Å². The largest absolute Gasteiger partial charge is 0.497 e. The second-order valence-electron chi connectivity index (χ2n) is 9.17. The number of hydrogen-bond acceptors (Lipinski definition) is 3. The number of aromatic amines is 1. The number of nitrogens with one attached hydrogen (secondary N) is 1. The third kappa shape index (κ3) is 3.96. The fraction of sp³-hybridized carbons (Fsp3) is 0.444. The molecule has 5 nitrogen and oxygen atoms in total. The molecule has 1 atom stereocenters. The molecule has 1 aromatic heterocycles. The van der Waals surface area contributed by atoms with Crippen LogP contribution < -0.4 is 9.47 Å². The van der Waals surface area contributed by atoms with Gasteiger partial charge in [0.1, 0.15) is 11.5 Å². The maximum atomic E-state index is 13.2. The molecule has 1 aliphatic carbocycles. The van der Waals surface area contributed by atoms with Crippen LogP contribution in [0.1, 0.15) is 60.6 Å². The summed E-state index contributed by atoms with van der Waals surface area (Å²) in [6.45, 7) is 1.67. The Morgan fingerprint density at radius 2 is 1.75 bits per heavy atom. The zero-order valence-electron chi connectivity index (χ0n) is 19.0. The molecule has 1 aliphatic heterocycles. The second-order valence-corrected chi connectivity index (χ2v) is 9.17. The topological polar surface area (TPSA) is 54.6 Å². The fourth-order valence-electron chi connectivity index (χ4n) is 5.60. The number of nitrogens with zero attached hydrogens (tertiary/aromatic N) is 1. The maximum absolute atomic E-state index is 13.2. The van der Waals surface area contributed by atoms with Crippen molar-refractivity contribution in [2.45, 2.75) is 50.4 Å². The molecule has 168 valence electrons. The van der Waals surface area contributed by atoms with Gasteiger partial charge in [-0.15, -0.1) is 0 Å². The van der Waals surface area contributed by atoms with Crippen LogP contribution in [0.4, 0.5) is 0 Å². The summed E-state index contributed by atoms with van der Waals surface area (Å²) in [5, 5.41) is 1.24. The molecule has 1 saturated heterocycles. The minimum absolute atomic E-state index is 0.303. The maximum Gasteiger partial charge on any atom is 0.223 e. The summed E-state index contributed by atoms with van der Waals surface area (Å²) >= 11 is 0. The quantitative estimate of drug-likeness (QED) is 0.587. The van der Waals surface area contributed by atoms with E-state index < -0.39 is 0 Å². The zero-order chi connectivity index (χ0) is 22.1. The first kappa shape index (κ1) is 20.9. The van der Waals surface area contributed by atoms with Gasteiger partial charge in [-0.25, -0.2) is 0 Å². The van der Waals surface area contributed by atoms with E-state index in [1.165, 1.54) is 22.1 Å². The number of aryl methyl sites for hydroxylation is 1. The number of methoxy groups -OCH3 is 2. The van der Waals surface area contributed by atoms with Crippen LogP contribution in [0.5, 0.6) is 11.5 Å². The number of fused-ring (bicyclic) bond motifs is 2. The van der Waals surface area contributed by atoms with Crippen molar-refractivity contribution in [3.63, 3.8) is 0 Å². The minimum atomic E-state index is 0.303. The van der Waals surface area contributed by atoms with Gasteiger partial charge in [0.15, 0.2) is 0 Å². The summed E-state index contributed by atoms with van der Waals surface area (Å²) in [5.41, 5.74) is 5.18. The van der Waals surface area contributed by atoms with E-state index in [-0.39, 0.29) is 0 Å². The highest BCUT2D eigenvalue weighted by molar-refractivity contribution is 5.85. The molecule has 0 radical (unpaired) electrons. The first-order chi connectivity index (χ1) is 15.7. The Hall–Kier alpha value is -2.95. The van der Waals surface area contributed by atoms with Gasteiger partial charge in [-0.2, -0.15) is 0 Å². The number of carbonyl (C=O) groups is 1. The molecule has 32 heavy (non-hydrogen) atoms. The van der Waals surface area contributed by atoms with E-state index in [0.29, 0.717) is 24.2 Å². The highest BCUT2D eigenvalue weighted by atomic mass is 16.5. The summed E-state index contributed by atoms with van der Waals surface area (Å²) in [7, 11) is 3.42. The summed E-state index contributed by atoms with van der Waals surface area (Å²) in [5.74, 6) is 2.90. The predicted molar refractivity (Wildman–Crippen MR) is 127 cm³/mol. The highest BCUT2D eigenvalue weighted by Crippen LogP contribution is 2.38. The van der Waals surface area contributed by atoms with Gasteiger partial charge in [-0.3, -0.25) is 4.79 Å². The van der Waals surface area contributed by atoms with Gasteiger partial charge >= 0.3 is 0 Å². The van der Waals surface area contributed by atoms with Crippen molar-refractivity contribution >= 4 is 16.8 Å². The Balaban J connectivity index is 1.23. The van der Waals surface area contributed by atoms with Crippen molar-refractivity contribution in [3.05, 3.63) is 59.3 Å². The lowest BCUT2D eigenvalue weighted by Gasteiger charge is -2.34. The van der Waals surface area contributed by atoms with Crippen molar-refractivity contribution < 1.29 is 14.3 Å². The van der Waals surface area contributed by atoms with Crippen LogP contribution in [-0.2, 0) is 11.2 Å². The number of rotatable bonds is 5. The third-order valence-electron chi connectivity index (χ3n) is 7.42. The normalized spacial score (nSPS) is 19.1. The Morgan fingerprint density at radius 3 is 2.53 bits per heavy atom. The van der Waals surface area contributed by atoms with Gasteiger partial charge in [-0.05, 0) is 91.0 Å². The molecule has 2 aliphatic rings. The summed E-state index contributed by atoms with van der Waals surface area (Å²) in [4.78, 5) is 18.7. The van der Waals surface area contributed by atoms with Gasteiger partial charge in [-0.1, -0.05) is 6.07 Å². The van der Waals surface area contributed by atoms with Gasteiger partial charge in [0, 0.05) is 36.6 Å². The molecule has 3 aromatic rings. The molecule has 5 rings (SSSR count). The monoisotopic (exact) mass is 432 g/mol.